The van der Waals surface area contributed by atoms with Crippen LogP contribution in [0.2, 0.25) is 0 Å². The van der Waals surface area contributed by atoms with E-state index < -0.39 is 26.6 Å². The molecule has 0 aromatic heterocycles. The van der Waals surface area contributed by atoms with Crippen LogP contribution >= 0.6 is 7.82 Å². The monoisotopic (exact) mass is 799 g/mol. The van der Waals surface area contributed by atoms with Gasteiger partial charge in [0.2, 0.25) is 5.91 Å². The Labute approximate surface area is 342 Å². The molecule has 2 N–H and O–H groups in total. The van der Waals surface area contributed by atoms with Crippen molar-refractivity contribution in [3.8, 4) is 0 Å². The maximum absolute atomic E-state index is 12.8. The van der Waals surface area contributed by atoms with E-state index in [0.29, 0.717) is 30.3 Å². The number of carbonyl (C=O) groups excluding carboxylic acids is 1. The number of phosphoric acid groups is 1. The summed E-state index contributed by atoms with van der Waals surface area (Å²) in [5.74, 6) is -0.245. The number of nitrogens with zero attached hydrogens (tertiary/aromatic N) is 1. The minimum Gasteiger partial charge on any atom is -0.756 e. The summed E-state index contributed by atoms with van der Waals surface area (Å²) in [6, 6.07) is -0.929. The number of unbranched alkanes of at least 4 members (excludes halogenated alkanes) is 7. The van der Waals surface area contributed by atoms with Crippen molar-refractivity contribution in [2.24, 2.45) is 0 Å². The van der Waals surface area contributed by atoms with Gasteiger partial charge in [-0.25, -0.2) is 0 Å². The summed E-state index contributed by atoms with van der Waals surface area (Å²) in [4.78, 5) is 25.2. The quantitative estimate of drug-likeness (QED) is 0.0283. The molecule has 0 aromatic carbocycles. The van der Waals surface area contributed by atoms with Gasteiger partial charge in [-0.05, 0) is 89.9 Å². The number of amides is 1. The minimum atomic E-state index is -4.61. The number of aliphatic hydroxyl groups is 1. The predicted octanol–water partition coefficient (Wildman–Crippen LogP) is 11.1. The molecule has 0 radical (unpaired) electrons. The molecule has 0 rings (SSSR count). The number of allylic oxidation sites excluding steroid dienone is 17. The summed E-state index contributed by atoms with van der Waals surface area (Å²) in [6.07, 6.45) is 54.3. The molecule has 0 aliphatic heterocycles. The molecule has 9 heteroatoms. The number of likely N-dealkylation sites (N-methyl/N-ethyl adjacent to an activating group) is 1. The van der Waals surface area contributed by atoms with Gasteiger partial charge in [-0.1, -0.05) is 142 Å². The fraction of sp³-hybridized carbons (Fsp3) is 0.596. The van der Waals surface area contributed by atoms with E-state index >= 15 is 0 Å². The summed E-state index contributed by atoms with van der Waals surface area (Å²) in [7, 11) is 1.19. The lowest BCUT2D eigenvalue weighted by molar-refractivity contribution is -0.870. The minimum absolute atomic E-state index is 0.0214. The highest BCUT2D eigenvalue weighted by atomic mass is 31.2. The third-order valence-corrected chi connectivity index (χ3v) is 9.39. The summed E-state index contributed by atoms with van der Waals surface area (Å²) >= 11 is 0. The Hall–Kier alpha value is -2.84. The summed E-state index contributed by atoms with van der Waals surface area (Å²) in [5, 5.41) is 13.7. The topological polar surface area (TPSA) is 108 Å². The normalized spacial score (nSPS) is 15.5. The Kier molecular flexibility index (Phi) is 35.8. The molecule has 56 heavy (non-hydrogen) atoms. The first-order valence-electron chi connectivity index (χ1n) is 21.2. The Balaban J connectivity index is 4.50. The molecule has 0 aromatic rings. The van der Waals surface area contributed by atoms with Crippen LogP contribution in [0.15, 0.2) is 109 Å². The van der Waals surface area contributed by atoms with Gasteiger partial charge < -0.3 is 28.8 Å². The van der Waals surface area contributed by atoms with Crippen LogP contribution in [0.4, 0.5) is 0 Å². The average Bonchev–Trinajstić information content (AvgIpc) is 3.15. The van der Waals surface area contributed by atoms with Crippen LogP contribution in [0.1, 0.15) is 129 Å². The van der Waals surface area contributed by atoms with Gasteiger partial charge in [0.1, 0.15) is 13.2 Å². The second-order valence-electron chi connectivity index (χ2n) is 14.9. The molecule has 0 aliphatic carbocycles. The largest absolute Gasteiger partial charge is 0.756 e. The lowest BCUT2D eigenvalue weighted by Crippen LogP contribution is -2.45. The molecule has 3 atom stereocenters. The number of hydrogen-bond acceptors (Lipinski definition) is 6. The van der Waals surface area contributed by atoms with Gasteiger partial charge in [-0.2, -0.15) is 0 Å². The van der Waals surface area contributed by atoms with Crippen LogP contribution in [-0.4, -0.2) is 68.5 Å². The fourth-order valence-electron chi connectivity index (χ4n) is 5.07. The lowest BCUT2D eigenvalue weighted by atomic mass is 10.1. The van der Waals surface area contributed by atoms with Gasteiger partial charge in [0.25, 0.3) is 7.82 Å². The Morgan fingerprint density at radius 2 is 1.11 bits per heavy atom. The number of phosphoric ester groups is 1. The molecule has 0 saturated carbocycles. The van der Waals surface area contributed by atoms with Crippen molar-refractivity contribution in [3.05, 3.63) is 109 Å². The van der Waals surface area contributed by atoms with E-state index in [-0.39, 0.29) is 12.5 Å². The number of quaternary nitrogens is 1. The van der Waals surface area contributed by atoms with Crippen molar-refractivity contribution in [3.63, 3.8) is 0 Å². The molecule has 0 fully saturated rings. The molecule has 0 heterocycles. The van der Waals surface area contributed by atoms with Gasteiger partial charge >= 0.3 is 0 Å². The molecule has 3 unspecified atom stereocenters. The van der Waals surface area contributed by atoms with Gasteiger partial charge in [0.05, 0.1) is 39.9 Å². The number of hydrogen-bond donors (Lipinski definition) is 2. The van der Waals surface area contributed by atoms with Crippen molar-refractivity contribution >= 4 is 13.7 Å². The van der Waals surface area contributed by atoms with E-state index in [1.54, 1.807) is 6.08 Å². The molecule has 318 valence electrons. The van der Waals surface area contributed by atoms with Gasteiger partial charge in [0.15, 0.2) is 0 Å². The first-order chi connectivity index (χ1) is 27.0. The molecule has 1 amide bonds. The summed E-state index contributed by atoms with van der Waals surface area (Å²) in [5.41, 5.74) is 0. The molecule has 0 spiro atoms. The van der Waals surface area contributed by atoms with Crippen molar-refractivity contribution in [2.75, 3.05) is 40.9 Å². The maximum atomic E-state index is 12.8. The third kappa shape index (κ3) is 39.4. The van der Waals surface area contributed by atoms with Crippen molar-refractivity contribution in [1.29, 1.82) is 0 Å². The average molecular weight is 799 g/mol. The SMILES string of the molecule is CC/C=C\C/C=C\C/C=C\C/C=C\C/C=C\C/C=C\CCCCCCC(=O)NC(COP(=O)([O-])OCC[N+](C)(C)C)C(O)/C=C/CC/C=C/CC/C=C/CCC. The van der Waals surface area contributed by atoms with E-state index in [0.717, 1.165) is 96.3 Å². The van der Waals surface area contributed by atoms with Crippen LogP contribution in [0.3, 0.4) is 0 Å². The number of nitrogens with one attached hydrogen (secondary N) is 1. The van der Waals surface area contributed by atoms with E-state index in [2.05, 4.69) is 116 Å². The lowest BCUT2D eigenvalue weighted by Gasteiger charge is -2.29. The van der Waals surface area contributed by atoms with Crippen LogP contribution in [0.25, 0.3) is 0 Å². The zero-order chi connectivity index (χ0) is 41.4. The van der Waals surface area contributed by atoms with Gasteiger partial charge in [-0.15, -0.1) is 0 Å². The second-order valence-corrected chi connectivity index (χ2v) is 16.3. The summed E-state index contributed by atoms with van der Waals surface area (Å²) in [6.45, 7) is 4.36. The van der Waals surface area contributed by atoms with E-state index in [9.17, 15) is 19.4 Å². The smallest absolute Gasteiger partial charge is 0.268 e. The molecule has 0 saturated heterocycles. The van der Waals surface area contributed by atoms with Gasteiger partial charge in [-0.3, -0.25) is 9.36 Å². The second kappa shape index (κ2) is 37.7. The van der Waals surface area contributed by atoms with Crippen LogP contribution in [-0.2, 0) is 18.4 Å². The molecular formula is C47H79N2O6P. The highest BCUT2D eigenvalue weighted by Crippen LogP contribution is 2.38. The predicted molar refractivity (Wildman–Crippen MR) is 237 cm³/mol. The van der Waals surface area contributed by atoms with Crippen molar-refractivity contribution in [1.82, 2.24) is 5.32 Å². The van der Waals surface area contributed by atoms with E-state index in [1.807, 2.05) is 27.2 Å². The number of rotatable bonds is 36. The Morgan fingerprint density at radius 3 is 1.62 bits per heavy atom. The fourth-order valence-corrected chi connectivity index (χ4v) is 5.80. The van der Waals surface area contributed by atoms with Gasteiger partial charge in [0, 0.05) is 6.42 Å². The van der Waals surface area contributed by atoms with Crippen LogP contribution in [0, 0.1) is 0 Å². The van der Waals surface area contributed by atoms with Crippen LogP contribution in [0.5, 0.6) is 0 Å². The van der Waals surface area contributed by atoms with E-state index in [4.69, 9.17) is 9.05 Å². The van der Waals surface area contributed by atoms with Crippen LogP contribution < -0.4 is 10.2 Å². The first-order valence-corrected chi connectivity index (χ1v) is 22.7. The zero-order valence-electron chi connectivity index (χ0n) is 35.8. The Bertz CT molecular complexity index is 1270. The number of aliphatic hydroxyl groups excluding tert-OH is 1. The van der Waals surface area contributed by atoms with E-state index in [1.165, 1.54) is 0 Å². The molecule has 0 aliphatic rings. The summed E-state index contributed by atoms with van der Waals surface area (Å²) < 4.78 is 23.1. The maximum Gasteiger partial charge on any atom is 0.268 e. The zero-order valence-corrected chi connectivity index (χ0v) is 36.7. The first kappa shape index (κ1) is 53.2. The third-order valence-electron chi connectivity index (χ3n) is 8.43. The molecule has 0 bridgehead atoms. The molecule has 8 nitrogen and oxygen atoms in total. The Morgan fingerprint density at radius 1 is 0.643 bits per heavy atom. The molecular weight excluding hydrogens is 719 g/mol. The standard InChI is InChI=1S/C47H79N2O6P/c1-6-8-10-12-14-16-18-19-20-21-22-23-24-25-26-27-28-29-31-33-35-37-39-41-47(51)48-45(44-55-56(52,53)54-43-42-49(3,4)5)46(50)40-38-36-34-32-30-17-15-13-11-9-7-2/h8,10-11,13-14,16,19-20,22-23,25-26,28-30,32,38,40,45-46,50H,6-7,9,12,15,17-18,21,24,27,31,33-37,39,41-44H2,1-5H3,(H-,48,51,52,53)/b10-8-,13-11+,16-14-,20-19-,23-22-,26-25-,29-28-,32-30+,40-38+. The number of carbonyl (C=O) groups is 1. The highest BCUT2D eigenvalue weighted by Gasteiger charge is 2.23. The highest BCUT2D eigenvalue weighted by molar-refractivity contribution is 7.45. The van der Waals surface area contributed by atoms with Crippen molar-refractivity contribution in [2.45, 2.75) is 142 Å². The van der Waals surface area contributed by atoms with Crippen molar-refractivity contribution < 1.29 is 32.9 Å².